The maximum atomic E-state index is 6.85. The van der Waals surface area contributed by atoms with Gasteiger partial charge >= 0.3 is 342 Å². The summed E-state index contributed by atoms with van der Waals surface area (Å²) in [5.74, 6) is 0. The Hall–Kier alpha value is -3.29. The largest absolute Gasteiger partial charge is 0.147 e. The fourth-order valence-electron chi connectivity index (χ4n) is 8.51. The molecule has 0 nitrogen and oxygen atoms in total. The topological polar surface area (TPSA) is 0 Å². The molecule has 0 saturated carbocycles. The minimum absolute atomic E-state index is 0. The van der Waals surface area contributed by atoms with Crippen LogP contribution < -0.4 is 0 Å². The van der Waals surface area contributed by atoms with Crippen molar-refractivity contribution in [1.82, 2.24) is 0 Å². The molecule has 6 aromatic rings. The van der Waals surface area contributed by atoms with Crippen molar-refractivity contribution in [2.45, 2.75) is 62.4 Å². The second-order valence-corrected chi connectivity index (χ2v) is 23.9. The van der Waals surface area contributed by atoms with E-state index in [9.17, 15) is 0 Å². The fourth-order valence-corrected chi connectivity index (χ4v) is 17.8. The van der Waals surface area contributed by atoms with Gasteiger partial charge in [-0.2, -0.15) is 0 Å². The van der Waals surface area contributed by atoms with Gasteiger partial charge in [-0.3, -0.25) is 0 Å². The molecule has 0 radical (unpaired) electrons. The summed E-state index contributed by atoms with van der Waals surface area (Å²) in [5, 5.41) is 1.51. The minimum Gasteiger partial charge on any atom is -0.147 e. The molecule has 0 spiro atoms. The van der Waals surface area contributed by atoms with E-state index >= 15 is 0 Å². The normalized spacial score (nSPS) is 13.3. The molecule has 8 rings (SSSR count). The summed E-state index contributed by atoms with van der Waals surface area (Å²) in [6.45, 7) is 14.1. The molecule has 0 bridgehead atoms. The van der Waals surface area contributed by atoms with Crippen LogP contribution in [0.3, 0.4) is 0 Å². The van der Waals surface area contributed by atoms with Crippen LogP contribution in [0.15, 0.2) is 155 Å². The van der Waals surface area contributed by atoms with E-state index in [1.165, 1.54) is 70.0 Å². The monoisotopic (exact) mass is 890 g/mol. The first-order valence-corrected chi connectivity index (χ1v) is 23.6. The van der Waals surface area contributed by atoms with Crippen molar-refractivity contribution in [1.29, 1.82) is 0 Å². The van der Waals surface area contributed by atoms with Gasteiger partial charge in [0, 0.05) is 0 Å². The van der Waals surface area contributed by atoms with Gasteiger partial charge in [-0.05, 0) is 0 Å². The van der Waals surface area contributed by atoms with Crippen LogP contribution in [0.4, 0.5) is 0 Å². The van der Waals surface area contributed by atoms with E-state index in [1.807, 2.05) is 12.1 Å². The Morgan fingerprint density at radius 2 is 0.982 bits per heavy atom. The van der Waals surface area contributed by atoms with E-state index in [2.05, 4.69) is 181 Å². The number of halogens is 4. The van der Waals surface area contributed by atoms with Crippen molar-refractivity contribution < 1.29 is 21.3 Å². The van der Waals surface area contributed by atoms with Crippen molar-refractivity contribution in [3.63, 3.8) is 0 Å². The molecule has 0 atom stereocenters. The van der Waals surface area contributed by atoms with Gasteiger partial charge in [0.15, 0.2) is 0 Å². The van der Waals surface area contributed by atoms with Gasteiger partial charge in [0.1, 0.15) is 0 Å². The molecule has 0 N–H and O–H groups in total. The van der Waals surface area contributed by atoms with Gasteiger partial charge < -0.3 is 0 Å². The average Bonchev–Trinajstić information content (AvgIpc) is 3.79. The number of rotatable bonds is 6. The molecule has 0 heterocycles. The zero-order chi connectivity index (χ0) is 37.8. The predicted octanol–water partition coefficient (Wildman–Crippen LogP) is 15.6. The third kappa shape index (κ3) is 8.19. The molecule has 0 aromatic heterocycles. The number of benzene rings is 6. The van der Waals surface area contributed by atoms with Crippen molar-refractivity contribution in [2.24, 2.45) is 0 Å². The first-order chi connectivity index (χ1) is 25.9. The summed E-state index contributed by atoms with van der Waals surface area (Å²) in [4.78, 5) is 0. The summed E-state index contributed by atoms with van der Waals surface area (Å²) in [6.07, 6.45) is 8.02. The van der Waals surface area contributed by atoms with E-state index in [-0.39, 0.29) is 39.3 Å². The maximum Gasteiger partial charge on any atom is -0.147 e. The van der Waals surface area contributed by atoms with E-state index in [0.29, 0.717) is 0 Å². The quantitative estimate of drug-likeness (QED) is 0.156. The molecule has 0 unspecified atom stereocenters. The number of hydrogen-bond acceptors (Lipinski definition) is 0. The Morgan fingerprint density at radius 1 is 0.536 bits per heavy atom. The van der Waals surface area contributed by atoms with E-state index < -0.39 is 21.3 Å². The molecule has 0 aliphatic heterocycles. The van der Waals surface area contributed by atoms with Crippen LogP contribution >= 0.6 is 48.0 Å². The standard InChI is InChI=1S/C33H33.C13H8Cl2.C5H5.2ClH.Zr/c1-32(2,3)30-20-26-24(18-28(30)22-13-9-7-10-14-22)17-25-19-29(23-15-11-8-12-16-23)31(21-27(25)26)33(4,5)6;14-12-5-1-3-10(8-12)7-11-4-2-6-13(15)9-11;1-2-4-5-3-1;;;/h7-21H,1-6H3;1-6,8-9H;1-3H,4H2;2*1H;. The van der Waals surface area contributed by atoms with Gasteiger partial charge in [-0.25, -0.2) is 0 Å². The zero-order valence-electron chi connectivity index (χ0n) is 32.8. The smallest absolute Gasteiger partial charge is 0.147 e. The van der Waals surface area contributed by atoms with Gasteiger partial charge in [0.25, 0.3) is 0 Å². The molecule has 0 saturated heterocycles. The Labute approximate surface area is 363 Å². The van der Waals surface area contributed by atoms with Crippen LogP contribution in [0, 0.1) is 0 Å². The number of fused-ring (bicyclic) bond motifs is 3. The number of allylic oxidation sites excluding steroid dienone is 4. The van der Waals surface area contributed by atoms with E-state index in [4.69, 9.17) is 23.2 Å². The SMILES string of the molecule is CC(C)(C)c1cc2c(cc1-c1ccccc1)[CH]([Zr]([C]1=CC=CC1)=[C](c1cccc(Cl)c1)c1cccc(Cl)c1)c1cc(-c3ccccc3)c(C(C)(C)C)cc1-2.Cl.Cl. The van der Waals surface area contributed by atoms with Crippen LogP contribution in [0.1, 0.15) is 85.0 Å². The molecule has 2 aliphatic carbocycles. The van der Waals surface area contributed by atoms with Gasteiger partial charge in [-0.1, -0.05) is 0 Å². The molecule has 0 amide bonds. The maximum absolute atomic E-state index is 6.85. The summed E-state index contributed by atoms with van der Waals surface area (Å²) < 4.78 is 3.23. The zero-order valence-corrected chi connectivity index (χ0v) is 38.4. The second kappa shape index (κ2) is 16.9. The average molecular weight is 894 g/mol. The van der Waals surface area contributed by atoms with E-state index in [0.717, 1.165) is 16.5 Å². The predicted molar refractivity (Wildman–Crippen MR) is 244 cm³/mol. The minimum atomic E-state index is -3.07. The summed E-state index contributed by atoms with van der Waals surface area (Å²) in [7, 11) is 0. The Morgan fingerprint density at radius 3 is 1.36 bits per heavy atom. The van der Waals surface area contributed by atoms with Gasteiger partial charge in [0.05, 0.1) is 0 Å². The van der Waals surface area contributed by atoms with Gasteiger partial charge in [-0.15, -0.1) is 24.8 Å². The Kier molecular flexibility index (Phi) is 12.8. The molecule has 0 fully saturated rings. The molecular weight excluding hydrogens is 846 g/mol. The molecule has 2 aliphatic rings. The first kappa shape index (κ1) is 42.3. The fraction of sp³-hybridized carbons (Fsp3) is 0.196. The van der Waals surface area contributed by atoms with Crippen molar-refractivity contribution in [3.05, 3.63) is 198 Å². The molecule has 284 valence electrons. The van der Waals surface area contributed by atoms with Crippen molar-refractivity contribution >= 4 is 51.2 Å². The molecule has 56 heavy (non-hydrogen) atoms. The second-order valence-electron chi connectivity index (χ2n) is 16.8. The Bertz CT molecular complexity index is 2340. The van der Waals surface area contributed by atoms with Crippen LogP contribution in [-0.4, -0.2) is 3.21 Å². The summed E-state index contributed by atoms with van der Waals surface area (Å²) in [5.41, 5.74) is 15.9. The summed E-state index contributed by atoms with van der Waals surface area (Å²) >= 11 is 10.6. The van der Waals surface area contributed by atoms with E-state index in [1.54, 1.807) is 3.28 Å². The van der Waals surface area contributed by atoms with Gasteiger partial charge in [0.2, 0.25) is 0 Å². The molecule has 6 aromatic carbocycles. The third-order valence-electron chi connectivity index (χ3n) is 11.0. The number of hydrogen-bond donors (Lipinski definition) is 0. The molecule has 5 heteroatoms. The summed E-state index contributed by atoms with van der Waals surface area (Å²) in [6, 6.07) is 49.4. The van der Waals surface area contributed by atoms with Crippen LogP contribution in [0.2, 0.25) is 10.0 Å². The first-order valence-electron chi connectivity index (χ1n) is 19.0. The third-order valence-corrected chi connectivity index (χ3v) is 19.8. The van der Waals surface area contributed by atoms with Crippen LogP contribution in [-0.2, 0) is 32.1 Å². The van der Waals surface area contributed by atoms with Crippen molar-refractivity contribution in [2.75, 3.05) is 0 Å². The van der Waals surface area contributed by atoms with Crippen LogP contribution in [0.5, 0.6) is 0 Å². The Balaban J connectivity index is 0.00000266. The van der Waals surface area contributed by atoms with Crippen molar-refractivity contribution in [3.8, 4) is 33.4 Å². The van der Waals surface area contributed by atoms with Crippen LogP contribution in [0.25, 0.3) is 33.4 Å². The molecular formula is C51H48Cl4Zr.